The minimum Gasteiger partial charge on any atom is -0.506 e. The van der Waals surface area contributed by atoms with Crippen LogP contribution in [-0.4, -0.2) is 18.2 Å². The van der Waals surface area contributed by atoms with Crippen LogP contribution < -0.4 is 0 Å². The van der Waals surface area contributed by atoms with Gasteiger partial charge in [0.15, 0.2) is 0 Å². The van der Waals surface area contributed by atoms with Gasteiger partial charge in [-0.1, -0.05) is 0 Å². The van der Waals surface area contributed by atoms with Gasteiger partial charge in [0, 0.05) is 4.47 Å². The standard InChI is InChI=1S/C8H5BrI2O3/c1-14-8(13)3-2-4(10)7(12)6(11)5(3)9/h2,12H,1H3. The number of esters is 1. The highest BCUT2D eigenvalue weighted by atomic mass is 127. The molecule has 76 valence electrons. The first kappa shape index (κ1) is 12.5. The number of methoxy groups -OCH3 is 1. The largest absolute Gasteiger partial charge is 0.506 e. The van der Waals surface area contributed by atoms with Crippen LogP contribution in [0, 0.1) is 7.14 Å². The summed E-state index contributed by atoms with van der Waals surface area (Å²) in [5.74, 6) is -0.251. The summed E-state index contributed by atoms with van der Waals surface area (Å²) in [6.07, 6.45) is 0. The number of ether oxygens (including phenoxy) is 1. The Bertz CT molecular complexity index is 393. The van der Waals surface area contributed by atoms with Crippen molar-refractivity contribution in [2.75, 3.05) is 7.11 Å². The molecule has 1 N–H and O–H groups in total. The molecule has 14 heavy (non-hydrogen) atoms. The van der Waals surface area contributed by atoms with E-state index in [4.69, 9.17) is 0 Å². The van der Waals surface area contributed by atoms with Gasteiger partial charge in [-0.2, -0.15) is 0 Å². The van der Waals surface area contributed by atoms with Crippen molar-refractivity contribution >= 4 is 67.1 Å². The maximum Gasteiger partial charge on any atom is 0.339 e. The Morgan fingerprint density at radius 1 is 1.57 bits per heavy atom. The number of aromatic hydroxyl groups is 1. The molecule has 0 heterocycles. The van der Waals surface area contributed by atoms with Gasteiger partial charge in [-0.05, 0) is 67.2 Å². The zero-order chi connectivity index (χ0) is 10.9. The summed E-state index contributed by atoms with van der Waals surface area (Å²) >= 11 is 7.15. The highest BCUT2D eigenvalue weighted by molar-refractivity contribution is 14.1. The maximum absolute atomic E-state index is 11.3. The van der Waals surface area contributed by atoms with E-state index in [0.29, 0.717) is 17.2 Å². The van der Waals surface area contributed by atoms with E-state index in [1.54, 1.807) is 6.07 Å². The number of carbonyl (C=O) groups excluding carboxylic acids is 1. The molecule has 6 heteroatoms. The van der Waals surface area contributed by atoms with Crippen LogP contribution in [0.25, 0.3) is 0 Å². The molecule has 0 atom stereocenters. The first-order chi connectivity index (χ1) is 6.49. The predicted molar refractivity (Wildman–Crippen MR) is 72.6 cm³/mol. The van der Waals surface area contributed by atoms with Gasteiger partial charge in [0.05, 0.1) is 19.8 Å². The molecule has 0 aliphatic rings. The third-order valence-corrected chi connectivity index (χ3v) is 4.98. The summed E-state index contributed by atoms with van der Waals surface area (Å²) in [5, 5.41) is 9.57. The molecular weight excluding hydrogens is 478 g/mol. The first-order valence-electron chi connectivity index (χ1n) is 3.43. The van der Waals surface area contributed by atoms with Crippen LogP contribution in [0.15, 0.2) is 10.5 Å². The SMILES string of the molecule is COC(=O)c1cc(I)c(O)c(I)c1Br. The molecule has 1 rings (SSSR count). The second-order valence-corrected chi connectivity index (χ2v) is 5.41. The number of hydrogen-bond acceptors (Lipinski definition) is 3. The number of benzene rings is 1. The van der Waals surface area contributed by atoms with Crippen molar-refractivity contribution in [3.8, 4) is 5.75 Å². The molecule has 0 aliphatic heterocycles. The Morgan fingerprint density at radius 3 is 2.64 bits per heavy atom. The molecule has 1 aromatic carbocycles. The van der Waals surface area contributed by atoms with Crippen molar-refractivity contribution in [3.63, 3.8) is 0 Å². The zero-order valence-electron chi connectivity index (χ0n) is 6.97. The average molecular weight is 483 g/mol. The summed E-state index contributed by atoms with van der Waals surface area (Å²) in [5.41, 5.74) is 0.416. The Labute approximate surface area is 117 Å². The van der Waals surface area contributed by atoms with Crippen molar-refractivity contribution in [1.29, 1.82) is 0 Å². The van der Waals surface area contributed by atoms with Crippen molar-refractivity contribution in [2.24, 2.45) is 0 Å². The van der Waals surface area contributed by atoms with E-state index >= 15 is 0 Å². The number of halogens is 3. The average Bonchev–Trinajstić information content (AvgIpc) is 2.19. The first-order valence-corrected chi connectivity index (χ1v) is 6.38. The molecule has 0 radical (unpaired) electrons. The molecule has 0 saturated heterocycles. The topological polar surface area (TPSA) is 46.5 Å². The summed E-state index contributed by atoms with van der Waals surface area (Å²) in [7, 11) is 1.32. The van der Waals surface area contributed by atoms with E-state index in [2.05, 4.69) is 20.7 Å². The predicted octanol–water partition coefficient (Wildman–Crippen LogP) is 3.15. The lowest BCUT2D eigenvalue weighted by molar-refractivity contribution is 0.0599. The number of rotatable bonds is 1. The van der Waals surface area contributed by atoms with E-state index in [0.717, 1.165) is 0 Å². The fourth-order valence-corrected chi connectivity index (χ4v) is 2.99. The Kier molecular flexibility index (Phi) is 4.44. The van der Waals surface area contributed by atoms with E-state index in [-0.39, 0.29) is 5.75 Å². The molecule has 1 aromatic rings. The second-order valence-electron chi connectivity index (χ2n) is 2.37. The molecule has 0 saturated carbocycles. The highest BCUT2D eigenvalue weighted by Gasteiger charge is 2.17. The summed E-state index contributed by atoms with van der Waals surface area (Å²) in [6.45, 7) is 0. The monoisotopic (exact) mass is 482 g/mol. The number of phenols is 1. The molecule has 0 aliphatic carbocycles. The van der Waals surface area contributed by atoms with Crippen LogP contribution in [0.2, 0.25) is 0 Å². The Balaban J connectivity index is 3.40. The van der Waals surface area contributed by atoms with Crippen LogP contribution in [0.5, 0.6) is 5.75 Å². The van der Waals surface area contributed by atoms with Crippen LogP contribution >= 0.6 is 61.1 Å². The second kappa shape index (κ2) is 4.97. The third kappa shape index (κ3) is 2.32. The third-order valence-electron chi connectivity index (χ3n) is 1.54. The Morgan fingerprint density at radius 2 is 2.14 bits per heavy atom. The highest BCUT2D eigenvalue weighted by Crippen LogP contribution is 2.35. The molecule has 0 fully saturated rings. The summed E-state index contributed by atoms with van der Waals surface area (Å²) in [4.78, 5) is 11.3. The minimum atomic E-state index is -0.423. The molecule has 3 nitrogen and oxygen atoms in total. The van der Waals surface area contributed by atoms with E-state index in [1.807, 2.05) is 45.2 Å². The summed E-state index contributed by atoms with van der Waals surface area (Å²) in [6, 6.07) is 1.58. The summed E-state index contributed by atoms with van der Waals surface area (Å²) < 4.78 is 6.40. The van der Waals surface area contributed by atoms with E-state index in [1.165, 1.54) is 7.11 Å². The van der Waals surface area contributed by atoms with Crippen LogP contribution in [-0.2, 0) is 4.74 Å². The molecule has 0 amide bonds. The fourth-order valence-electron chi connectivity index (χ4n) is 0.844. The Hall–Kier alpha value is 0.430. The van der Waals surface area contributed by atoms with E-state index < -0.39 is 5.97 Å². The van der Waals surface area contributed by atoms with Gasteiger partial charge in [0.1, 0.15) is 5.75 Å². The lowest BCUT2D eigenvalue weighted by atomic mass is 10.2. The van der Waals surface area contributed by atoms with Gasteiger partial charge < -0.3 is 9.84 Å². The molecule has 0 aromatic heterocycles. The van der Waals surface area contributed by atoms with Gasteiger partial charge >= 0.3 is 5.97 Å². The lowest BCUT2D eigenvalue weighted by Gasteiger charge is -2.07. The van der Waals surface area contributed by atoms with Gasteiger partial charge in [-0.3, -0.25) is 0 Å². The number of carbonyl (C=O) groups is 1. The van der Waals surface area contributed by atoms with Crippen molar-refractivity contribution < 1.29 is 14.6 Å². The number of phenolic OH excluding ortho intramolecular Hbond substituents is 1. The molecular formula is C8H5BrI2O3. The lowest BCUT2D eigenvalue weighted by Crippen LogP contribution is -2.04. The van der Waals surface area contributed by atoms with Gasteiger partial charge in [0.25, 0.3) is 0 Å². The van der Waals surface area contributed by atoms with Gasteiger partial charge in [-0.25, -0.2) is 4.79 Å². The van der Waals surface area contributed by atoms with Crippen molar-refractivity contribution in [3.05, 3.63) is 23.2 Å². The van der Waals surface area contributed by atoms with E-state index in [9.17, 15) is 9.90 Å². The van der Waals surface area contributed by atoms with Gasteiger partial charge in [0.2, 0.25) is 0 Å². The quantitative estimate of drug-likeness (QED) is 0.380. The normalized spacial score (nSPS) is 10.0. The van der Waals surface area contributed by atoms with Crippen LogP contribution in [0.3, 0.4) is 0 Å². The maximum atomic E-state index is 11.3. The molecule has 0 unspecified atom stereocenters. The van der Waals surface area contributed by atoms with Crippen molar-refractivity contribution in [1.82, 2.24) is 0 Å². The smallest absolute Gasteiger partial charge is 0.339 e. The van der Waals surface area contributed by atoms with Gasteiger partial charge in [-0.15, -0.1) is 0 Å². The van der Waals surface area contributed by atoms with Crippen LogP contribution in [0.1, 0.15) is 10.4 Å². The minimum absolute atomic E-state index is 0.172. The molecule has 0 bridgehead atoms. The fraction of sp³-hybridized carbons (Fsp3) is 0.125. The zero-order valence-corrected chi connectivity index (χ0v) is 12.9. The van der Waals surface area contributed by atoms with Crippen molar-refractivity contribution in [2.45, 2.75) is 0 Å². The van der Waals surface area contributed by atoms with Crippen LogP contribution in [0.4, 0.5) is 0 Å². The number of hydrogen-bond donors (Lipinski definition) is 1. The molecule has 0 spiro atoms.